The monoisotopic (exact) mass is 585 g/mol. The molecule has 0 unspecified atom stereocenters. The van der Waals surface area contributed by atoms with E-state index in [1.165, 1.54) is 6.07 Å². The number of anilines is 2. The molecule has 0 bridgehead atoms. The Morgan fingerprint density at radius 3 is 2.81 bits per heavy atom. The van der Waals surface area contributed by atoms with Crippen molar-refractivity contribution < 1.29 is 18.6 Å². The lowest BCUT2D eigenvalue weighted by molar-refractivity contribution is 0.187. The van der Waals surface area contributed by atoms with E-state index in [0.29, 0.717) is 61.4 Å². The highest BCUT2D eigenvalue weighted by Crippen LogP contribution is 2.39. The molecule has 1 fully saturated rings. The van der Waals surface area contributed by atoms with Gasteiger partial charge >= 0.3 is 6.01 Å². The summed E-state index contributed by atoms with van der Waals surface area (Å²) in [7, 11) is 2.10. The second kappa shape index (κ2) is 10.7. The van der Waals surface area contributed by atoms with E-state index in [-0.39, 0.29) is 29.4 Å². The molecule has 0 saturated carbocycles. The summed E-state index contributed by atoms with van der Waals surface area (Å²) in [5.41, 5.74) is 3.06. The third-order valence-corrected chi connectivity index (χ3v) is 9.10. The summed E-state index contributed by atoms with van der Waals surface area (Å²) in [5.74, 6) is 2.34. The van der Waals surface area contributed by atoms with E-state index < -0.39 is 11.8 Å². The van der Waals surface area contributed by atoms with Crippen LogP contribution in [0.1, 0.15) is 42.3 Å². The maximum atomic E-state index is 14.8. The number of nitrogens with zero attached hydrogens (tertiary/aromatic N) is 7. The summed E-state index contributed by atoms with van der Waals surface area (Å²) in [5, 5.41) is 11.8. The number of likely N-dealkylation sites (N-methyl/N-ethyl adjacent to an activating group) is 1. The number of terminal acetylenes is 1. The first-order chi connectivity index (χ1) is 20.8. The summed E-state index contributed by atoms with van der Waals surface area (Å²) < 4.78 is 37.5. The second-order valence-corrected chi connectivity index (χ2v) is 11.8. The third kappa shape index (κ3) is 4.79. The normalized spacial score (nSPS) is 20.3. The Balaban J connectivity index is 1.29. The standard InChI is InChI=1S/C32H33F2N7O2/c1-4-23-25(33)8-7-20-12-22(42)13-27(29(20)23)39-11-9-24-26(15-39)36-32(43-17-21-6-5-10-38(21)3)37-31(24)41-16-28-30(34)35-18-40(28)14-19(41)2/h1,7-8,12-13,18-19,21,42H,5-6,9-11,14-17H2,2-3H3/t19-,21+/m1/s1. The predicted octanol–water partition coefficient (Wildman–Crippen LogP) is 4.24. The Labute approximate surface area is 248 Å². The highest BCUT2D eigenvalue weighted by molar-refractivity contribution is 6.00. The minimum atomic E-state index is -0.484. The number of benzene rings is 2. The first-order valence-electron chi connectivity index (χ1n) is 14.7. The number of ether oxygens (including phenoxy) is 1. The predicted molar refractivity (Wildman–Crippen MR) is 159 cm³/mol. The molecule has 9 nitrogen and oxygen atoms in total. The number of aromatic nitrogens is 4. The van der Waals surface area contributed by atoms with Gasteiger partial charge in [-0.2, -0.15) is 14.4 Å². The fourth-order valence-corrected chi connectivity index (χ4v) is 6.73. The summed E-state index contributed by atoms with van der Waals surface area (Å²) in [6, 6.07) is 6.76. The molecule has 0 spiro atoms. The van der Waals surface area contributed by atoms with Crippen LogP contribution in [-0.4, -0.2) is 68.4 Å². The van der Waals surface area contributed by atoms with Gasteiger partial charge in [0.15, 0.2) is 0 Å². The fraction of sp³-hybridized carbons (Fsp3) is 0.406. The quantitative estimate of drug-likeness (QED) is 0.349. The Morgan fingerprint density at radius 2 is 2.02 bits per heavy atom. The fourth-order valence-electron chi connectivity index (χ4n) is 6.73. The lowest BCUT2D eigenvalue weighted by Crippen LogP contribution is -2.43. The maximum Gasteiger partial charge on any atom is 0.318 e. The number of halogens is 2. The van der Waals surface area contributed by atoms with Gasteiger partial charge in [0, 0.05) is 47.9 Å². The Hall–Kier alpha value is -4.43. The SMILES string of the molecule is C#Cc1c(F)ccc2cc(O)cc(N3CCc4c(nc(OC[C@@H]5CCCN5C)nc4N4Cc5c(F)ncn5C[C@H]4C)C3)c12. The molecule has 0 amide bonds. The molecule has 2 atom stereocenters. The number of phenolic OH excluding ortho intramolecular Hbond substituents is 1. The molecule has 3 aliphatic rings. The number of rotatable bonds is 5. The summed E-state index contributed by atoms with van der Waals surface area (Å²) >= 11 is 0. The molecule has 1 N–H and O–H groups in total. The zero-order valence-corrected chi connectivity index (χ0v) is 24.2. The molecular formula is C32H33F2N7O2. The van der Waals surface area contributed by atoms with E-state index in [1.807, 2.05) is 4.57 Å². The molecule has 3 aliphatic heterocycles. The Bertz CT molecular complexity index is 1770. The molecule has 4 aromatic rings. The van der Waals surface area contributed by atoms with Crippen LogP contribution in [0.5, 0.6) is 11.8 Å². The van der Waals surface area contributed by atoms with Crippen molar-refractivity contribution in [1.82, 2.24) is 24.4 Å². The van der Waals surface area contributed by atoms with Crippen LogP contribution in [-0.2, 0) is 26.1 Å². The molecule has 0 radical (unpaired) electrons. The number of aromatic hydroxyl groups is 1. The van der Waals surface area contributed by atoms with E-state index in [0.717, 1.165) is 36.5 Å². The molecule has 1 saturated heterocycles. The topological polar surface area (TPSA) is 82.8 Å². The van der Waals surface area contributed by atoms with Crippen molar-refractivity contribution in [2.24, 2.45) is 0 Å². The number of phenols is 1. The van der Waals surface area contributed by atoms with Crippen LogP contribution in [0.15, 0.2) is 30.6 Å². The molecule has 222 valence electrons. The van der Waals surface area contributed by atoms with Crippen LogP contribution in [0, 0.1) is 24.1 Å². The highest BCUT2D eigenvalue weighted by atomic mass is 19.1. The Morgan fingerprint density at radius 1 is 1.16 bits per heavy atom. The van der Waals surface area contributed by atoms with Crippen LogP contribution in [0.2, 0.25) is 0 Å². The van der Waals surface area contributed by atoms with E-state index in [1.54, 1.807) is 24.5 Å². The van der Waals surface area contributed by atoms with E-state index in [9.17, 15) is 13.9 Å². The third-order valence-electron chi connectivity index (χ3n) is 9.10. The van der Waals surface area contributed by atoms with Crippen LogP contribution in [0.25, 0.3) is 10.8 Å². The molecule has 5 heterocycles. The molecular weight excluding hydrogens is 552 g/mol. The first kappa shape index (κ1) is 27.4. The van der Waals surface area contributed by atoms with Crippen molar-refractivity contribution in [3.8, 4) is 24.1 Å². The van der Waals surface area contributed by atoms with Crippen molar-refractivity contribution in [3.05, 3.63) is 64.9 Å². The van der Waals surface area contributed by atoms with Crippen molar-refractivity contribution >= 4 is 22.3 Å². The van der Waals surface area contributed by atoms with Crippen LogP contribution >= 0.6 is 0 Å². The van der Waals surface area contributed by atoms with Gasteiger partial charge in [-0.1, -0.05) is 12.0 Å². The number of fused-ring (bicyclic) bond motifs is 3. The van der Waals surface area contributed by atoms with Crippen LogP contribution in [0.4, 0.5) is 20.3 Å². The molecule has 11 heteroatoms. The number of hydrogen-bond donors (Lipinski definition) is 1. The molecule has 2 aromatic carbocycles. The van der Waals surface area contributed by atoms with E-state index >= 15 is 0 Å². The summed E-state index contributed by atoms with van der Waals surface area (Å²) in [6.07, 6.45) is 10.0. The smallest absolute Gasteiger partial charge is 0.318 e. The molecule has 43 heavy (non-hydrogen) atoms. The zero-order chi connectivity index (χ0) is 29.8. The van der Waals surface area contributed by atoms with Crippen molar-refractivity contribution in [3.63, 3.8) is 0 Å². The summed E-state index contributed by atoms with van der Waals surface area (Å²) in [4.78, 5) is 20.1. The molecule has 2 aromatic heterocycles. The van der Waals surface area contributed by atoms with Gasteiger partial charge in [0.25, 0.3) is 0 Å². The molecule has 7 rings (SSSR count). The largest absolute Gasteiger partial charge is 0.508 e. The van der Waals surface area contributed by atoms with Gasteiger partial charge in [-0.3, -0.25) is 0 Å². The first-order valence-corrected chi connectivity index (χ1v) is 14.7. The number of imidazole rings is 1. The number of hydrogen-bond acceptors (Lipinski definition) is 8. The minimum absolute atomic E-state index is 0.0307. The highest BCUT2D eigenvalue weighted by Gasteiger charge is 2.33. The van der Waals surface area contributed by atoms with Gasteiger partial charge in [0.2, 0.25) is 5.95 Å². The van der Waals surface area contributed by atoms with Gasteiger partial charge in [-0.15, -0.1) is 6.42 Å². The average Bonchev–Trinajstić information content (AvgIpc) is 3.58. The van der Waals surface area contributed by atoms with Crippen molar-refractivity contribution in [1.29, 1.82) is 0 Å². The molecule has 0 aliphatic carbocycles. The number of likely N-dealkylation sites (tertiary alicyclic amines) is 1. The van der Waals surface area contributed by atoms with E-state index in [4.69, 9.17) is 21.1 Å². The summed E-state index contributed by atoms with van der Waals surface area (Å²) in [6.45, 7) is 5.43. The second-order valence-electron chi connectivity index (χ2n) is 11.8. The Kier molecular flexibility index (Phi) is 6.81. The maximum absolute atomic E-state index is 14.8. The van der Waals surface area contributed by atoms with Crippen molar-refractivity contribution in [2.75, 3.05) is 36.5 Å². The van der Waals surface area contributed by atoms with Gasteiger partial charge in [0.1, 0.15) is 24.0 Å². The lowest BCUT2D eigenvalue weighted by atomic mass is 9.98. The van der Waals surface area contributed by atoms with Gasteiger partial charge in [-0.05, 0) is 57.3 Å². The van der Waals surface area contributed by atoms with Gasteiger partial charge in [-0.25, -0.2) is 9.37 Å². The van der Waals surface area contributed by atoms with Gasteiger partial charge in [0.05, 0.1) is 36.4 Å². The van der Waals surface area contributed by atoms with Crippen molar-refractivity contribution in [2.45, 2.75) is 57.9 Å². The van der Waals surface area contributed by atoms with Crippen LogP contribution in [0.3, 0.4) is 0 Å². The average molecular weight is 586 g/mol. The van der Waals surface area contributed by atoms with Gasteiger partial charge < -0.3 is 29.1 Å². The minimum Gasteiger partial charge on any atom is -0.508 e. The van der Waals surface area contributed by atoms with E-state index in [2.05, 4.69) is 39.6 Å². The lowest BCUT2D eigenvalue weighted by Gasteiger charge is -2.38. The van der Waals surface area contributed by atoms with Crippen LogP contribution < -0.4 is 14.5 Å². The zero-order valence-electron chi connectivity index (χ0n) is 24.2.